The van der Waals surface area contributed by atoms with Crippen LogP contribution in [0.25, 0.3) is 28.3 Å². The number of rotatable bonds is 7. The second kappa shape index (κ2) is 8.87. The smallest absolute Gasteiger partial charge is 0.269 e. The summed E-state index contributed by atoms with van der Waals surface area (Å²) in [6.45, 7) is 0.475. The van der Waals surface area contributed by atoms with Gasteiger partial charge in [0.15, 0.2) is 11.5 Å². The molecule has 0 saturated carbocycles. The lowest BCUT2D eigenvalue weighted by Crippen LogP contribution is -2.28. The van der Waals surface area contributed by atoms with Crippen LogP contribution in [0.1, 0.15) is 10.5 Å². The number of nitrogens with zero attached hydrogens (tertiary/aromatic N) is 5. The van der Waals surface area contributed by atoms with E-state index in [2.05, 4.69) is 30.8 Å². The zero-order valence-corrected chi connectivity index (χ0v) is 17.3. The third kappa shape index (κ3) is 4.40. The minimum atomic E-state index is -0.335. The molecule has 2 N–H and O–H groups in total. The molecule has 0 aliphatic carbocycles. The van der Waals surface area contributed by atoms with E-state index in [0.29, 0.717) is 34.3 Å². The largest absolute Gasteiger partial charge is 0.475 e. The van der Waals surface area contributed by atoms with Crippen molar-refractivity contribution >= 4 is 11.6 Å². The number of aromatic nitrogens is 6. The number of fused-ring (bicyclic) bond motifs is 1. The Kier molecular flexibility index (Phi) is 5.46. The summed E-state index contributed by atoms with van der Waals surface area (Å²) in [7, 11) is 0. The fourth-order valence-corrected chi connectivity index (χ4v) is 3.24. The van der Waals surface area contributed by atoms with Crippen molar-refractivity contribution < 1.29 is 13.9 Å². The van der Waals surface area contributed by atoms with Crippen LogP contribution in [0, 0.1) is 5.82 Å². The number of nitrogens with one attached hydrogen (secondary N) is 2. The Morgan fingerprint density at radius 3 is 2.64 bits per heavy atom. The zero-order chi connectivity index (χ0) is 22.6. The molecule has 0 bridgehead atoms. The van der Waals surface area contributed by atoms with Crippen LogP contribution in [0.2, 0.25) is 0 Å². The highest BCUT2D eigenvalue weighted by Gasteiger charge is 2.12. The molecule has 3 heterocycles. The Hall–Kier alpha value is -4.60. The predicted octanol–water partition coefficient (Wildman–Crippen LogP) is 3.13. The summed E-state index contributed by atoms with van der Waals surface area (Å²) in [5, 5.41) is 22.3. The molecule has 0 aliphatic heterocycles. The fourth-order valence-electron chi connectivity index (χ4n) is 3.24. The highest BCUT2D eigenvalue weighted by atomic mass is 19.1. The lowest BCUT2D eigenvalue weighted by Gasteiger charge is -2.07. The molecular formula is C23H18FN7O2. The van der Waals surface area contributed by atoms with Gasteiger partial charge in [-0.15, -0.1) is 15.3 Å². The topological polar surface area (TPSA) is 110 Å². The number of benzene rings is 2. The predicted molar refractivity (Wildman–Crippen MR) is 118 cm³/mol. The molecule has 33 heavy (non-hydrogen) atoms. The summed E-state index contributed by atoms with van der Waals surface area (Å²) >= 11 is 0. The van der Waals surface area contributed by atoms with Crippen molar-refractivity contribution in [2.24, 2.45) is 0 Å². The van der Waals surface area contributed by atoms with Crippen LogP contribution in [-0.2, 0) is 0 Å². The zero-order valence-electron chi connectivity index (χ0n) is 17.3. The van der Waals surface area contributed by atoms with E-state index < -0.39 is 0 Å². The van der Waals surface area contributed by atoms with E-state index in [4.69, 9.17) is 4.74 Å². The van der Waals surface area contributed by atoms with Gasteiger partial charge in [0, 0.05) is 17.2 Å². The number of hydrogen-bond acceptors (Lipinski definition) is 6. The molecule has 0 atom stereocenters. The van der Waals surface area contributed by atoms with Crippen molar-refractivity contribution in [2.45, 2.75) is 0 Å². The molecule has 0 fully saturated rings. The monoisotopic (exact) mass is 443 g/mol. The number of amides is 1. The third-order valence-corrected chi connectivity index (χ3v) is 4.87. The number of H-pyrrole nitrogens is 1. The van der Waals surface area contributed by atoms with Crippen molar-refractivity contribution in [3.63, 3.8) is 0 Å². The Balaban J connectivity index is 1.19. The maximum atomic E-state index is 13.2. The van der Waals surface area contributed by atoms with E-state index in [9.17, 15) is 9.18 Å². The maximum Gasteiger partial charge on any atom is 0.269 e. The lowest BCUT2D eigenvalue weighted by molar-refractivity contribution is 0.0941. The standard InChI is InChI=1S/C23H18FN7O2/c24-17-8-6-16(7-9-17)22-29-28-20-10-11-21(30-31(20)22)33-13-12-25-23(32)19-14-18(26-27-19)15-4-2-1-3-5-15/h1-11,14H,12-13H2,(H,25,32)(H,26,27). The first-order chi connectivity index (χ1) is 16.2. The number of ether oxygens (including phenoxy) is 1. The minimum Gasteiger partial charge on any atom is -0.475 e. The number of hydrogen-bond donors (Lipinski definition) is 2. The Labute approximate surface area is 187 Å². The van der Waals surface area contributed by atoms with Crippen molar-refractivity contribution in [3.05, 3.63) is 84.3 Å². The molecular weight excluding hydrogens is 425 g/mol. The van der Waals surface area contributed by atoms with Crippen LogP contribution < -0.4 is 10.1 Å². The highest BCUT2D eigenvalue weighted by Crippen LogP contribution is 2.19. The van der Waals surface area contributed by atoms with Crippen molar-refractivity contribution in [2.75, 3.05) is 13.2 Å². The molecule has 3 aromatic heterocycles. The molecule has 0 aliphatic rings. The molecule has 0 radical (unpaired) electrons. The van der Waals surface area contributed by atoms with Gasteiger partial charge in [0.25, 0.3) is 5.91 Å². The molecule has 0 spiro atoms. The van der Waals surface area contributed by atoms with Gasteiger partial charge in [-0.3, -0.25) is 9.89 Å². The fraction of sp³-hybridized carbons (Fsp3) is 0.0870. The number of halogens is 1. The molecule has 9 nitrogen and oxygen atoms in total. The first kappa shape index (κ1) is 20.3. The van der Waals surface area contributed by atoms with Gasteiger partial charge in [-0.05, 0) is 36.4 Å². The Morgan fingerprint density at radius 2 is 1.82 bits per heavy atom. The van der Waals surface area contributed by atoms with Gasteiger partial charge < -0.3 is 10.1 Å². The molecule has 2 aromatic carbocycles. The van der Waals surface area contributed by atoms with E-state index in [-0.39, 0.29) is 24.9 Å². The number of carbonyl (C=O) groups is 1. The SMILES string of the molecule is O=C(NCCOc1ccc2nnc(-c3ccc(F)cc3)n2n1)c1cc(-c2ccccc2)n[nH]1. The quantitative estimate of drug-likeness (QED) is 0.374. The molecule has 0 saturated heterocycles. The molecule has 1 amide bonds. The van der Waals surface area contributed by atoms with Crippen molar-refractivity contribution in [3.8, 4) is 28.5 Å². The van der Waals surface area contributed by atoms with E-state index in [1.54, 1.807) is 30.3 Å². The summed E-state index contributed by atoms with van der Waals surface area (Å²) in [6, 6.07) is 20.6. The lowest BCUT2D eigenvalue weighted by atomic mass is 10.1. The normalized spacial score (nSPS) is 10.9. The maximum absolute atomic E-state index is 13.2. The Bertz CT molecular complexity index is 1400. The summed E-state index contributed by atoms with van der Waals surface area (Å²) in [5.74, 6) is 0.192. The van der Waals surface area contributed by atoms with E-state index in [1.807, 2.05) is 30.3 Å². The number of aromatic amines is 1. The third-order valence-electron chi connectivity index (χ3n) is 4.87. The molecule has 5 rings (SSSR count). The van der Waals surface area contributed by atoms with Gasteiger partial charge in [-0.25, -0.2) is 4.39 Å². The van der Waals surface area contributed by atoms with Gasteiger partial charge in [0.1, 0.15) is 18.1 Å². The summed E-state index contributed by atoms with van der Waals surface area (Å²) < 4.78 is 20.4. The average Bonchev–Trinajstić information content (AvgIpc) is 3.50. The number of carbonyl (C=O) groups excluding carboxylic acids is 1. The van der Waals surface area contributed by atoms with Crippen LogP contribution in [0.5, 0.6) is 5.88 Å². The van der Waals surface area contributed by atoms with Crippen LogP contribution >= 0.6 is 0 Å². The van der Waals surface area contributed by atoms with Gasteiger partial charge >= 0.3 is 0 Å². The second-order valence-electron chi connectivity index (χ2n) is 7.11. The van der Waals surface area contributed by atoms with E-state index in [1.165, 1.54) is 16.6 Å². The summed E-state index contributed by atoms with van der Waals surface area (Å²) in [6.07, 6.45) is 0. The minimum absolute atomic E-state index is 0.206. The first-order valence-corrected chi connectivity index (χ1v) is 10.2. The molecule has 10 heteroatoms. The first-order valence-electron chi connectivity index (χ1n) is 10.2. The van der Waals surface area contributed by atoms with Gasteiger partial charge in [-0.1, -0.05) is 30.3 Å². The Morgan fingerprint density at radius 1 is 1.00 bits per heavy atom. The van der Waals surface area contributed by atoms with Gasteiger partial charge in [-0.2, -0.15) is 9.61 Å². The highest BCUT2D eigenvalue weighted by molar-refractivity contribution is 5.93. The van der Waals surface area contributed by atoms with E-state index in [0.717, 1.165) is 5.56 Å². The second-order valence-corrected chi connectivity index (χ2v) is 7.11. The van der Waals surface area contributed by atoms with Crippen molar-refractivity contribution in [1.82, 2.24) is 35.3 Å². The van der Waals surface area contributed by atoms with Gasteiger partial charge in [0.2, 0.25) is 5.88 Å². The summed E-state index contributed by atoms with van der Waals surface area (Å²) in [4.78, 5) is 12.4. The van der Waals surface area contributed by atoms with Crippen LogP contribution in [0.3, 0.4) is 0 Å². The van der Waals surface area contributed by atoms with Crippen LogP contribution in [0.15, 0.2) is 72.8 Å². The van der Waals surface area contributed by atoms with Gasteiger partial charge in [0.05, 0.1) is 12.2 Å². The average molecular weight is 443 g/mol. The molecule has 164 valence electrons. The molecule has 0 unspecified atom stereocenters. The van der Waals surface area contributed by atoms with Crippen LogP contribution in [0.4, 0.5) is 4.39 Å². The summed E-state index contributed by atoms with van der Waals surface area (Å²) in [5.41, 5.74) is 3.19. The van der Waals surface area contributed by atoms with E-state index >= 15 is 0 Å². The van der Waals surface area contributed by atoms with Crippen LogP contribution in [-0.4, -0.2) is 49.1 Å². The van der Waals surface area contributed by atoms with Crippen molar-refractivity contribution in [1.29, 1.82) is 0 Å². The molecule has 5 aromatic rings.